The number of nitrogens with one attached hydrogen (secondary N) is 2. The summed E-state index contributed by atoms with van der Waals surface area (Å²) in [6.45, 7) is 2.53. The molecule has 182 valence electrons. The molecule has 0 unspecified atom stereocenters. The summed E-state index contributed by atoms with van der Waals surface area (Å²) in [6, 6.07) is 29.7. The topological polar surface area (TPSA) is 96.9 Å². The molecule has 36 heavy (non-hydrogen) atoms. The van der Waals surface area contributed by atoms with Gasteiger partial charge in [-0.15, -0.1) is 0 Å². The molecule has 4 aromatic carbocycles. The quantitative estimate of drug-likeness (QED) is 0.246. The Morgan fingerprint density at radius 2 is 1.53 bits per heavy atom. The van der Waals surface area contributed by atoms with Crippen LogP contribution < -0.4 is 14.9 Å². The van der Waals surface area contributed by atoms with Crippen LogP contribution in [0.3, 0.4) is 0 Å². The van der Waals surface area contributed by atoms with Gasteiger partial charge >= 0.3 is 0 Å². The summed E-state index contributed by atoms with van der Waals surface area (Å²) in [5.41, 5.74) is 6.25. The summed E-state index contributed by atoms with van der Waals surface area (Å²) in [4.78, 5) is 12.5. The fourth-order valence-corrected chi connectivity index (χ4v) is 4.31. The average molecular weight is 500 g/mol. The lowest BCUT2D eigenvalue weighted by atomic mass is 10.2. The van der Waals surface area contributed by atoms with Gasteiger partial charge in [-0.1, -0.05) is 48.0 Å². The van der Waals surface area contributed by atoms with Gasteiger partial charge in [-0.05, 0) is 78.7 Å². The summed E-state index contributed by atoms with van der Waals surface area (Å²) in [7, 11) is -3.70. The lowest BCUT2D eigenvalue weighted by molar-refractivity contribution is 0.0955. The molecule has 2 N–H and O–H groups in total. The van der Waals surface area contributed by atoms with Crippen LogP contribution in [-0.4, -0.2) is 20.5 Å². The summed E-state index contributed by atoms with van der Waals surface area (Å²) in [5.74, 6) is 0.321. The van der Waals surface area contributed by atoms with Crippen LogP contribution in [0, 0.1) is 6.92 Å². The van der Waals surface area contributed by atoms with Crippen molar-refractivity contribution >= 4 is 27.8 Å². The third kappa shape index (κ3) is 6.80. The van der Waals surface area contributed by atoms with Crippen LogP contribution in [0.25, 0.3) is 0 Å². The number of nitrogens with zero attached hydrogens (tertiary/aromatic N) is 1. The molecule has 7 nitrogen and oxygen atoms in total. The number of benzene rings is 4. The van der Waals surface area contributed by atoms with E-state index in [-0.39, 0.29) is 4.90 Å². The van der Waals surface area contributed by atoms with E-state index in [1.807, 2.05) is 55.5 Å². The van der Waals surface area contributed by atoms with E-state index in [0.29, 0.717) is 17.9 Å². The molecule has 0 aromatic heterocycles. The largest absolute Gasteiger partial charge is 0.489 e. The van der Waals surface area contributed by atoms with Crippen molar-refractivity contribution in [1.82, 2.24) is 5.43 Å². The van der Waals surface area contributed by atoms with Crippen molar-refractivity contribution in [3.8, 4) is 5.75 Å². The number of anilines is 1. The van der Waals surface area contributed by atoms with Gasteiger partial charge in [-0.3, -0.25) is 9.52 Å². The summed E-state index contributed by atoms with van der Waals surface area (Å²) in [5, 5.41) is 3.99. The van der Waals surface area contributed by atoms with Crippen LogP contribution >= 0.6 is 0 Å². The average Bonchev–Trinajstić information content (AvgIpc) is 2.90. The molecule has 0 bridgehead atoms. The molecule has 0 atom stereocenters. The maximum Gasteiger partial charge on any atom is 0.271 e. The van der Waals surface area contributed by atoms with Crippen molar-refractivity contribution < 1.29 is 17.9 Å². The number of hydrazone groups is 1. The lowest BCUT2D eigenvalue weighted by Gasteiger charge is -2.08. The SMILES string of the molecule is Cc1ccc(COc2ccc(C=NNC(=O)c3ccc(NS(=O)(=O)c4ccccc4)cc3)cc2)cc1. The Bertz CT molecular complexity index is 1430. The van der Waals surface area contributed by atoms with E-state index in [1.54, 1.807) is 18.2 Å². The first-order valence-electron chi connectivity index (χ1n) is 11.2. The number of ether oxygens (including phenoxy) is 1. The molecule has 0 heterocycles. The van der Waals surface area contributed by atoms with Crippen LogP contribution in [-0.2, 0) is 16.6 Å². The molecule has 1 amide bonds. The number of amides is 1. The molecule has 0 saturated heterocycles. The van der Waals surface area contributed by atoms with Crippen molar-refractivity contribution in [3.63, 3.8) is 0 Å². The number of rotatable bonds is 9. The highest BCUT2D eigenvalue weighted by molar-refractivity contribution is 7.92. The van der Waals surface area contributed by atoms with Gasteiger partial charge < -0.3 is 4.74 Å². The molecule has 0 aliphatic carbocycles. The number of aryl methyl sites for hydroxylation is 1. The van der Waals surface area contributed by atoms with Crippen LogP contribution in [0.1, 0.15) is 27.0 Å². The number of carbonyl (C=O) groups excluding carboxylic acids is 1. The predicted octanol–water partition coefficient (Wildman–Crippen LogP) is 5.14. The summed E-state index contributed by atoms with van der Waals surface area (Å²) < 4.78 is 33.1. The van der Waals surface area contributed by atoms with Gasteiger partial charge in [0, 0.05) is 11.3 Å². The Kier molecular flexibility index (Phi) is 7.77. The summed E-state index contributed by atoms with van der Waals surface area (Å²) >= 11 is 0. The zero-order chi connectivity index (χ0) is 25.4. The zero-order valence-electron chi connectivity index (χ0n) is 19.6. The minimum atomic E-state index is -3.70. The number of carbonyl (C=O) groups is 1. The first-order valence-corrected chi connectivity index (χ1v) is 12.7. The van der Waals surface area contributed by atoms with Crippen LogP contribution in [0.2, 0.25) is 0 Å². The molecule has 0 fully saturated rings. The second-order valence-corrected chi connectivity index (χ2v) is 9.72. The lowest BCUT2D eigenvalue weighted by Crippen LogP contribution is -2.18. The van der Waals surface area contributed by atoms with E-state index in [2.05, 4.69) is 15.2 Å². The van der Waals surface area contributed by atoms with Crippen molar-refractivity contribution in [1.29, 1.82) is 0 Å². The number of sulfonamides is 1. The van der Waals surface area contributed by atoms with Gasteiger partial charge in [0.05, 0.1) is 11.1 Å². The van der Waals surface area contributed by atoms with E-state index >= 15 is 0 Å². The molecular formula is C28H25N3O4S. The van der Waals surface area contributed by atoms with E-state index in [9.17, 15) is 13.2 Å². The minimum Gasteiger partial charge on any atom is -0.489 e. The third-order valence-electron chi connectivity index (χ3n) is 5.24. The Morgan fingerprint density at radius 1 is 0.861 bits per heavy atom. The first-order chi connectivity index (χ1) is 17.4. The molecule has 0 aliphatic heterocycles. The predicted molar refractivity (Wildman–Crippen MR) is 141 cm³/mol. The van der Waals surface area contributed by atoms with Crippen molar-refractivity contribution in [2.75, 3.05) is 4.72 Å². The molecule has 0 spiro atoms. The number of hydrogen-bond donors (Lipinski definition) is 2. The molecule has 0 radical (unpaired) electrons. The van der Waals surface area contributed by atoms with Gasteiger partial charge in [0.2, 0.25) is 0 Å². The Hall–Kier alpha value is -4.43. The van der Waals surface area contributed by atoms with E-state index in [0.717, 1.165) is 16.9 Å². The van der Waals surface area contributed by atoms with E-state index in [1.165, 1.54) is 48.2 Å². The normalized spacial score (nSPS) is 11.2. The second kappa shape index (κ2) is 11.3. The van der Waals surface area contributed by atoms with Gasteiger partial charge in [0.25, 0.3) is 15.9 Å². The smallest absolute Gasteiger partial charge is 0.271 e. The third-order valence-corrected chi connectivity index (χ3v) is 6.64. The Balaban J connectivity index is 1.27. The molecule has 4 aromatic rings. The van der Waals surface area contributed by atoms with E-state index < -0.39 is 15.9 Å². The number of hydrogen-bond acceptors (Lipinski definition) is 5. The molecular weight excluding hydrogens is 474 g/mol. The first kappa shape index (κ1) is 24.7. The van der Waals surface area contributed by atoms with Gasteiger partial charge in [-0.2, -0.15) is 5.10 Å². The highest BCUT2D eigenvalue weighted by Gasteiger charge is 2.13. The fourth-order valence-electron chi connectivity index (χ4n) is 3.23. The van der Waals surface area contributed by atoms with Crippen molar-refractivity contribution in [3.05, 3.63) is 125 Å². The fraction of sp³-hybridized carbons (Fsp3) is 0.0714. The molecule has 0 aliphatic rings. The van der Waals surface area contributed by atoms with Crippen LogP contribution in [0.15, 0.2) is 113 Å². The molecule has 8 heteroatoms. The van der Waals surface area contributed by atoms with Crippen LogP contribution in [0.5, 0.6) is 5.75 Å². The standard InChI is InChI=1S/C28H25N3O4S/c1-21-7-9-23(10-8-21)20-35-26-17-11-22(12-18-26)19-29-30-28(32)24-13-15-25(16-14-24)31-36(33,34)27-5-3-2-4-6-27/h2-19,31H,20H2,1H3,(H,30,32). The van der Waals surface area contributed by atoms with Crippen LogP contribution in [0.4, 0.5) is 5.69 Å². The van der Waals surface area contributed by atoms with Crippen molar-refractivity contribution in [2.24, 2.45) is 5.10 Å². The van der Waals surface area contributed by atoms with Crippen molar-refractivity contribution in [2.45, 2.75) is 18.4 Å². The highest BCUT2D eigenvalue weighted by atomic mass is 32.2. The second-order valence-electron chi connectivity index (χ2n) is 8.04. The summed E-state index contributed by atoms with van der Waals surface area (Å²) in [6.07, 6.45) is 1.53. The maximum absolute atomic E-state index is 12.4. The molecule has 4 rings (SSSR count). The zero-order valence-corrected chi connectivity index (χ0v) is 20.4. The Morgan fingerprint density at radius 3 is 2.19 bits per heavy atom. The van der Waals surface area contributed by atoms with Gasteiger partial charge in [0.15, 0.2) is 0 Å². The monoisotopic (exact) mass is 499 g/mol. The molecule has 0 saturated carbocycles. The van der Waals surface area contributed by atoms with Gasteiger partial charge in [-0.25, -0.2) is 13.8 Å². The van der Waals surface area contributed by atoms with E-state index in [4.69, 9.17) is 4.74 Å². The maximum atomic E-state index is 12.4. The van der Waals surface area contributed by atoms with Gasteiger partial charge in [0.1, 0.15) is 12.4 Å². The highest BCUT2D eigenvalue weighted by Crippen LogP contribution is 2.17. The minimum absolute atomic E-state index is 0.159. The Labute approximate surface area is 210 Å².